The average molecular weight is 264 g/mol. The number of nitrogen functional groups attached to an aromatic ring is 1. The number of nitrogens with two attached hydrogens (primary N) is 1. The van der Waals surface area contributed by atoms with E-state index in [0.29, 0.717) is 5.56 Å². The molecule has 2 N–H and O–H groups in total. The summed E-state index contributed by atoms with van der Waals surface area (Å²) in [4.78, 5) is 11.1. The van der Waals surface area contributed by atoms with Crippen molar-refractivity contribution in [3.8, 4) is 0 Å². The van der Waals surface area contributed by atoms with Gasteiger partial charge in [-0.05, 0) is 24.1 Å². The van der Waals surface area contributed by atoms with E-state index in [1.54, 1.807) is 0 Å². The van der Waals surface area contributed by atoms with Crippen molar-refractivity contribution in [1.82, 2.24) is 0 Å². The van der Waals surface area contributed by atoms with Crippen LogP contribution in [0.5, 0.6) is 0 Å². The highest BCUT2D eigenvalue weighted by atomic mass is 35.5. The molecule has 0 aliphatic heterocycles. The summed E-state index contributed by atoms with van der Waals surface area (Å²) in [5.41, 5.74) is 5.95. The number of esters is 1. The third-order valence-electron chi connectivity index (χ3n) is 2.05. The molecule has 0 fully saturated rings. The van der Waals surface area contributed by atoms with Gasteiger partial charge < -0.3 is 10.5 Å². The lowest BCUT2D eigenvalue weighted by atomic mass is 10.1. The van der Waals surface area contributed by atoms with Crippen molar-refractivity contribution in [2.75, 3.05) is 12.8 Å². The van der Waals surface area contributed by atoms with Crippen LogP contribution in [0.25, 0.3) is 0 Å². The van der Waals surface area contributed by atoms with E-state index in [4.69, 9.17) is 17.3 Å². The highest BCUT2D eigenvalue weighted by Gasteiger charge is 2.17. The number of carbonyl (C=O) groups excluding carboxylic acids is 1. The maximum absolute atomic E-state index is 13.0. The van der Waals surface area contributed by atoms with Crippen molar-refractivity contribution in [2.45, 2.75) is 11.7 Å². The van der Waals surface area contributed by atoms with E-state index in [9.17, 15) is 9.18 Å². The molecule has 0 heterocycles. The largest absolute Gasteiger partial charge is 0.468 e. The van der Waals surface area contributed by atoms with Gasteiger partial charge in [0.05, 0.1) is 12.8 Å². The first kappa shape index (κ1) is 13.1. The summed E-state index contributed by atoms with van der Waals surface area (Å²) in [6.07, 6.45) is 0.235. The summed E-state index contributed by atoms with van der Waals surface area (Å²) in [6.45, 7) is 0. The van der Waals surface area contributed by atoms with Crippen LogP contribution in [0.1, 0.15) is 5.56 Å². The molecule has 0 saturated heterocycles. The van der Waals surface area contributed by atoms with Crippen molar-refractivity contribution >= 4 is 35.9 Å². The fourth-order valence-electron chi connectivity index (χ4n) is 1.20. The quantitative estimate of drug-likeness (QED) is 0.499. The summed E-state index contributed by atoms with van der Waals surface area (Å²) in [5, 5.41) is -0.429. The minimum Gasteiger partial charge on any atom is -0.468 e. The second-order valence-corrected chi connectivity index (χ2v) is 4.24. The molecule has 0 aliphatic carbocycles. The Kier molecular flexibility index (Phi) is 4.44. The van der Waals surface area contributed by atoms with Gasteiger partial charge in [0.15, 0.2) is 0 Å². The predicted octanol–water partition coefficient (Wildman–Crippen LogP) is 2.08. The number of methoxy groups -OCH3 is 1. The number of hydrogen-bond acceptors (Lipinski definition) is 4. The zero-order valence-electron chi connectivity index (χ0n) is 8.54. The number of halogens is 2. The van der Waals surface area contributed by atoms with Crippen LogP contribution in [0.2, 0.25) is 5.02 Å². The maximum Gasteiger partial charge on any atom is 0.318 e. The first-order chi connectivity index (χ1) is 7.45. The number of carbonyl (C=O) groups is 1. The summed E-state index contributed by atoms with van der Waals surface area (Å²) in [6, 6.07) is 2.51. The van der Waals surface area contributed by atoms with Crippen LogP contribution >= 0.6 is 24.2 Å². The molecule has 0 spiro atoms. The Balaban J connectivity index is 2.89. The van der Waals surface area contributed by atoms with Crippen LogP contribution in [-0.4, -0.2) is 18.3 Å². The Bertz CT molecular complexity index is 414. The van der Waals surface area contributed by atoms with Crippen LogP contribution < -0.4 is 5.73 Å². The van der Waals surface area contributed by atoms with Gasteiger partial charge in [-0.15, -0.1) is 0 Å². The zero-order chi connectivity index (χ0) is 12.3. The number of thiol groups is 1. The van der Waals surface area contributed by atoms with Gasteiger partial charge in [0.2, 0.25) is 0 Å². The zero-order valence-corrected chi connectivity index (χ0v) is 10.2. The number of anilines is 1. The molecule has 1 rings (SSSR count). The molecule has 6 heteroatoms. The van der Waals surface area contributed by atoms with E-state index in [0.717, 1.165) is 6.07 Å². The molecule has 0 aromatic heterocycles. The molecule has 1 aromatic rings. The van der Waals surface area contributed by atoms with Crippen LogP contribution in [0.15, 0.2) is 12.1 Å². The van der Waals surface area contributed by atoms with Crippen molar-refractivity contribution in [1.29, 1.82) is 0 Å². The highest BCUT2D eigenvalue weighted by Crippen LogP contribution is 2.24. The van der Waals surface area contributed by atoms with Crippen LogP contribution in [0, 0.1) is 5.82 Å². The average Bonchev–Trinajstić information content (AvgIpc) is 2.24. The normalized spacial score (nSPS) is 12.2. The molecule has 0 bridgehead atoms. The van der Waals surface area contributed by atoms with Gasteiger partial charge in [-0.1, -0.05) is 11.6 Å². The molecule has 16 heavy (non-hydrogen) atoms. The van der Waals surface area contributed by atoms with E-state index in [1.165, 1.54) is 13.2 Å². The SMILES string of the molecule is COC(=O)C(S)Cc1cc(N)c(F)cc1Cl. The third-order valence-corrected chi connectivity index (χ3v) is 2.80. The van der Waals surface area contributed by atoms with Gasteiger partial charge in [-0.2, -0.15) is 12.6 Å². The molecule has 3 nitrogen and oxygen atoms in total. The minimum atomic E-state index is -0.646. The topological polar surface area (TPSA) is 52.3 Å². The standard InChI is InChI=1S/C10H11ClFNO2S/c1-15-10(14)9(16)3-5-2-8(13)7(12)4-6(5)11/h2,4,9,16H,3,13H2,1H3. The second-order valence-electron chi connectivity index (χ2n) is 3.21. The number of rotatable bonds is 3. The van der Waals surface area contributed by atoms with Gasteiger partial charge in [0.25, 0.3) is 0 Å². The molecule has 0 radical (unpaired) electrons. The fourth-order valence-corrected chi connectivity index (χ4v) is 1.73. The first-order valence-corrected chi connectivity index (χ1v) is 5.34. The summed E-state index contributed by atoms with van der Waals surface area (Å²) < 4.78 is 17.5. The van der Waals surface area contributed by atoms with Gasteiger partial charge >= 0.3 is 5.97 Å². The molecule has 1 atom stereocenters. The van der Waals surface area contributed by atoms with Crippen molar-refractivity contribution in [2.24, 2.45) is 0 Å². The van der Waals surface area contributed by atoms with E-state index >= 15 is 0 Å². The van der Waals surface area contributed by atoms with E-state index < -0.39 is 17.0 Å². The van der Waals surface area contributed by atoms with E-state index in [2.05, 4.69) is 17.4 Å². The van der Waals surface area contributed by atoms with Gasteiger partial charge in [-0.3, -0.25) is 4.79 Å². The van der Waals surface area contributed by atoms with Gasteiger partial charge in [0, 0.05) is 5.02 Å². The van der Waals surface area contributed by atoms with E-state index in [-0.39, 0.29) is 17.1 Å². The number of hydrogen-bond donors (Lipinski definition) is 2. The molecule has 0 aliphatic rings. The lowest BCUT2D eigenvalue weighted by Gasteiger charge is -2.10. The lowest BCUT2D eigenvalue weighted by molar-refractivity contribution is -0.139. The van der Waals surface area contributed by atoms with Crippen LogP contribution in [0.3, 0.4) is 0 Å². The fraction of sp³-hybridized carbons (Fsp3) is 0.300. The smallest absolute Gasteiger partial charge is 0.318 e. The van der Waals surface area contributed by atoms with E-state index in [1.807, 2.05) is 0 Å². The molecule has 0 amide bonds. The summed E-state index contributed by atoms with van der Waals surface area (Å²) in [7, 11) is 1.27. The number of benzene rings is 1. The first-order valence-electron chi connectivity index (χ1n) is 4.45. The Morgan fingerprint density at radius 2 is 2.31 bits per heavy atom. The molecule has 1 unspecified atom stereocenters. The molecule has 88 valence electrons. The monoisotopic (exact) mass is 263 g/mol. The van der Waals surface area contributed by atoms with Gasteiger partial charge in [-0.25, -0.2) is 4.39 Å². The predicted molar refractivity (Wildman–Crippen MR) is 64.3 cm³/mol. The van der Waals surface area contributed by atoms with Gasteiger partial charge in [0.1, 0.15) is 11.1 Å². The Morgan fingerprint density at radius 1 is 1.69 bits per heavy atom. The van der Waals surface area contributed by atoms with Crippen molar-refractivity contribution in [3.05, 3.63) is 28.5 Å². The Morgan fingerprint density at radius 3 is 2.88 bits per heavy atom. The Hall–Kier alpha value is -0.940. The summed E-state index contributed by atoms with van der Waals surface area (Å²) in [5.74, 6) is -1.05. The Labute approximate surface area is 103 Å². The number of ether oxygens (including phenoxy) is 1. The minimum absolute atomic E-state index is 0.00945. The van der Waals surface area contributed by atoms with Crippen molar-refractivity contribution < 1.29 is 13.9 Å². The maximum atomic E-state index is 13.0. The molecular formula is C10H11ClFNO2S. The molecule has 0 saturated carbocycles. The highest BCUT2D eigenvalue weighted by molar-refractivity contribution is 7.81. The lowest BCUT2D eigenvalue weighted by Crippen LogP contribution is -2.19. The van der Waals surface area contributed by atoms with Crippen LogP contribution in [0.4, 0.5) is 10.1 Å². The van der Waals surface area contributed by atoms with Crippen LogP contribution in [-0.2, 0) is 16.0 Å². The molecular weight excluding hydrogens is 253 g/mol. The summed E-state index contributed by atoms with van der Waals surface area (Å²) >= 11 is 9.87. The molecule has 1 aromatic carbocycles. The second kappa shape index (κ2) is 5.41. The van der Waals surface area contributed by atoms with Crippen molar-refractivity contribution in [3.63, 3.8) is 0 Å². The third kappa shape index (κ3) is 3.02.